The summed E-state index contributed by atoms with van der Waals surface area (Å²) >= 11 is 0. The highest BCUT2D eigenvalue weighted by molar-refractivity contribution is 6.69. The number of carbonyl (C=O) groups is 4. The summed E-state index contributed by atoms with van der Waals surface area (Å²) in [4.78, 5) is 88.5. The Morgan fingerprint density at radius 3 is 1.23 bits per heavy atom. The first-order chi connectivity index (χ1) is 35.2. The van der Waals surface area contributed by atoms with Crippen molar-refractivity contribution in [1.82, 2.24) is 8.47 Å². The fourth-order valence-electron chi connectivity index (χ4n) is 9.72. The van der Waals surface area contributed by atoms with Crippen LogP contribution in [0.1, 0.15) is 153 Å². The zero-order valence-corrected chi connectivity index (χ0v) is 46.1. The topological polar surface area (TPSA) is 189 Å². The van der Waals surface area contributed by atoms with E-state index in [4.69, 9.17) is 48.3 Å². The number of benzene rings is 4. The lowest BCUT2D eigenvalue weighted by Gasteiger charge is -2.31. The van der Waals surface area contributed by atoms with Crippen LogP contribution in [0.4, 0.5) is 11.6 Å². The molecule has 75 heavy (non-hydrogen) atoms. The number of hydrogen-bond acceptors (Lipinski definition) is 14. The van der Waals surface area contributed by atoms with Crippen molar-refractivity contribution in [2.75, 3.05) is 14.2 Å². The van der Waals surface area contributed by atoms with Crippen LogP contribution in [0.15, 0.2) is 103 Å². The van der Waals surface area contributed by atoms with E-state index in [2.05, 4.69) is 107 Å². The number of amidine groups is 4. The Morgan fingerprint density at radius 2 is 0.760 bits per heavy atom. The molecule has 0 saturated carbocycles. The second-order valence-electron chi connectivity index (χ2n) is 23.6. The van der Waals surface area contributed by atoms with Crippen LogP contribution >= 0.6 is 0 Å². The molecule has 6 aromatic rings. The van der Waals surface area contributed by atoms with Gasteiger partial charge in [0.25, 0.3) is 11.9 Å². The fourth-order valence-corrected chi connectivity index (χ4v) is 12.9. The minimum absolute atomic E-state index is 0.197. The standard InChI is InChI=1S/C58H62N8O8Si/c1-55(2,3)31-15-19-35-39(27-31)49-59-47(35)61-53-42-30-34(58(10,11)12)18-22-38(42)52-64-50-40-28-32(56(4,5)6)16-20-36(40)48(60-50)62-54-41-29-33(57(7,8)9)17-21-37(41)51(63-49)65(54)75(66(52)53,73-45(69)25-23-43(67)71-13)74-46(70)26-24-44(68)72-14/h15-22,27-30H,23-26H2,1-14H3. The highest BCUT2D eigenvalue weighted by atomic mass is 28.4. The molecule has 4 aromatic carbocycles. The van der Waals surface area contributed by atoms with Crippen LogP contribution in [0.5, 0.6) is 0 Å². The molecule has 0 unspecified atom stereocenters. The largest absolute Gasteiger partial charge is 0.742 e. The molecule has 6 bridgehead atoms. The van der Waals surface area contributed by atoms with Crippen LogP contribution in [0.3, 0.4) is 0 Å². The van der Waals surface area contributed by atoms with Gasteiger partial charge < -0.3 is 18.3 Å². The van der Waals surface area contributed by atoms with Crippen molar-refractivity contribution in [3.8, 4) is 0 Å². The van der Waals surface area contributed by atoms with E-state index >= 15 is 9.59 Å². The third-order valence-electron chi connectivity index (χ3n) is 14.2. The normalized spacial score (nSPS) is 15.3. The van der Waals surface area contributed by atoms with Crippen molar-refractivity contribution in [3.05, 3.63) is 128 Å². The first-order valence-corrected chi connectivity index (χ1v) is 27.0. The van der Waals surface area contributed by atoms with Crippen LogP contribution in [0, 0.1) is 0 Å². The van der Waals surface area contributed by atoms with Crippen molar-refractivity contribution < 1.29 is 37.5 Å². The van der Waals surface area contributed by atoms with Crippen LogP contribution in [-0.2, 0) is 59.2 Å². The van der Waals surface area contributed by atoms with E-state index in [1.165, 1.54) is 14.2 Å². The average molecular weight is 1030 g/mol. The van der Waals surface area contributed by atoms with Gasteiger partial charge in [0.15, 0.2) is 23.3 Å². The number of aromatic nitrogens is 2. The summed E-state index contributed by atoms with van der Waals surface area (Å²) in [6, 6.07) is 24.3. The Morgan fingerprint density at radius 1 is 0.400 bits per heavy atom. The zero-order valence-electron chi connectivity index (χ0n) is 45.1. The highest BCUT2D eigenvalue weighted by Gasteiger charge is 2.59. The highest BCUT2D eigenvalue weighted by Crippen LogP contribution is 2.46. The number of fused-ring (bicyclic) bond motifs is 14. The third kappa shape index (κ3) is 8.83. The van der Waals surface area contributed by atoms with Gasteiger partial charge in [-0.15, -0.1) is 0 Å². The number of rotatable bonds is 8. The molecule has 6 heterocycles. The van der Waals surface area contributed by atoms with Crippen molar-refractivity contribution in [3.63, 3.8) is 0 Å². The predicted octanol–water partition coefficient (Wildman–Crippen LogP) is 9.55. The minimum Gasteiger partial charge on any atom is -0.469 e. The summed E-state index contributed by atoms with van der Waals surface area (Å²) < 4.78 is 27.4. The fraction of sp³-hybridized carbons (Fsp3) is 0.379. The molecule has 0 aliphatic carbocycles. The second kappa shape index (κ2) is 17.7. The molecule has 386 valence electrons. The van der Waals surface area contributed by atoms with Crippen molar-refractivity contribution in [1.29, 1.82) is 0 Å². The smallest absolute Gasteiger partial charge is 0.469 e. The summed E-state index contributed by atoms with van der Waals surface area (Å²) in [7, 11) is -2.92. The van der Waals surface area contributed by atoms with E-state index in [-0.39, 0.29) is 57.1 Å². The summed E-state index contributed by atoms with van der Waals surface area (Å²) in [5.74, 6) is -1.50. The van der Waals surface area contributed by atoms with Gasteiger partial charge in [-0.25, -0.2) is 30.0 Å². The van der Waals surface area contributed by atoms with E-state index in [1.807, 2.05) is 48.5 Å². The quantitative estimate of drug-likeness (QED) is 0.106. The molecule has 0 N–H and O–H groups in total. The lowest BCUT2D eigenvalue weighted by atomic mass is 9.85. The molecule has 0 fully saturated rings. The molecule has 4 aliphatic heterocycles. The number of hydrogen-bond donors (Lipinski definition) is 0. The van der Waals surface area contributed by atoms with Crippen LogP contribution in [-0.4, -0.2) is 78.8 Å². The van der Waals surface area contributed by atoms with E-state index in [9.17, 15) is 9.59 Å². The molecule has 0 radical (unpaired) electrons. The van der Waals surface area contributed by atoms with E-state index in [0.717, 1.165) is 22.3 Å². The monoisotopic (exact) mass is 1030 g/mol. The lowest BCUT2D eigenvalue weighted by molar-refractivity contribution is -0.149. The summed E-state index contributed by atoms with van der Waals surface area (Å²) in [6.07, 6.45) is -1.66. The number of aliphatic imine (C=N–C) groups is 4. The molecular formula is C58H62N8O8Si. The molecule has 10 rings (SSSR count). The summed E-state index contributed by atoms with van der Waals surface area (Å²) in [6.45, 7) is 25.5. The molecule has 0 amide bonds. The van der Waals surface area contributed by atoms with E-state index < -0.39 is 45.6 Å². The molecule has 2 aromatic heterocycles. The van der Waals surface area contributed by atoms with E-state index in [0.29, 0.717) is 67.1 Å². The maximum Gasteiger partial charge on any atom is 0.742 e. The molecule has 4 aliphatic rings. The molecule has 16 nitrogen and oxygen atoms in total. The first-order valence-electron chi connectivity index (χ1n) is 25.2. The first kappa shape index (κ1) is 50.9. The number of ether oxygens (including phenoxy) is 2. The number of nitrogens with zero attached hydrogens (tertiary/aromatic N) is 8. The maximum atomic E-state index is 15.1. The summed E-state index contributed by atoms with van der Waals surface area (Å²) in [5, 5.41) is 2.28. The number of carbonyl (C=O) groups excluding carboxylic acids is 4. The van der Waals surface area contributed by atoms with Crippen LogP contribution in [0.2, 0.25) is 0 Å². The van der Waals surface area contributed by atoms with Gasteiger partial charge in [-0.2, -0.15) is 0 Å². The predicted molar refractivity (Wildman–Crippen MR) is 291 cm³/mol. The van der Waals surface area contributed by atoms with Gasteiger partial charge in [-0.1, -0.05) is 132 Å². The lowest BCUT2D eigenvalue weighted by Crippen LogP contribution is -2.65. The molecule has 17 heteroatoms. The molecule has 0 atom stereocenters. The maximum absolute atomic E-state index is 15.1. The minimum atomic E-state index is -5.39. The molecular weight excluding hydrogens is 965 g/mol. The molecule has 0 saturated heterocycles. The van der Waals surface area contributed by atoms with Crippen molar-refractivity contribution >= 4 is 89.3 Å². The van der Waals surface area contributed by atoms with Crippen molar-refractivity contribution in [2.45, 2.75) is 130 Å². The Labute approximate surface area is 436 Å². The Hall–Kier alpha value is -7.66. The second-order valence-corrected chi connectivity index (χ2v) is 26.0. The van der Waals surface area contributed by atoms with Gasteiger partial charge in [0.2, 0.25) is 0 Å². The summed E-state index contributed by atoms with van der Waals surface area (Å²) in [5.41, 5.74) is 5.88. The van der Waals surface area contributed by atoms with Gasteiger partial charge in [-0.3, -0.25) is 27.6 Å². The van der Waals surface area contributed by atoms with Crippen molar-refractivity contribution in [2.24, 2.45) is 30.0 Å². The van der Waals surface area contributed by atoms with Gasteiger partial charge in [-0.05, 0) is 68.2 Å². The van der Waals surface area contributed by atoms with Gasteiger partial charge in [0.05, 0.1) is 39.9 Å². The number of methoxy groups -OCH3 is 2. The third-order valence-corrected chi connectivity index (χ3v) is 17.1. The zero-order chi connectivity index (χ0) is 53.9. The van der Waals surface area contributed by atoms with Gasteiger partial charge in [0, 0.05) is 43.8 Å². The van der Waals surface area contributed by atoms with Gasteiger partial charge in [0.1, 0.15) is 22.6 Å². The number of esters is 2. The average Bonchev–Trinajstić information content (AvgIpc) is 4.06. The Balaban J connectivity index is 1.50. The van der Waals surface area contributed by atoms with Crippen LogP contribution in [0.25, 0.3) is 21.5 Å². The molecule has 0 spiro atoms. The van der Waals surface area contributed by atoms with Crippen LogP contribution < -0.4 is 11.0 Å². The Bertz CT molecular complexity index is 3740. The Kier molecular flexibility index (Phi) is 12.0. The van der Waals surface area contributed by atoms with E-state index in [1.54, 1.807) is 8.47 Å². The van der Waals surface area contributed by atoms with Gasteiger partial charge >= 0.3 is 20.8 Å². The SMILES string of the molecule is COC(=O)CCC(=O)O[Si]1(OC(=O)CCC(=O)OC)n2c3c4cc(C(C)(C)C)ccc4c2N=C2N=C(N=c4c5cc(C(C)(C)C)ccc5c(n41)=NC1=NC(=N3)c3ccc(C(C)(C)C)cc31)c1ccc(C(C)(C)C)cc12.